The van der Waals surface area contributed by atoms with Crippen LogP contribution in [0.2, 0.25) is 0 Å². The lowest BCUT2D eigenvalue weighted by Gasteiger charge is -2.45. The van der Waals surface area contributed by atoms with Crippen molar-refractivity contribution in [3.8, 4) is 17.1 Å². The quantitative estimate of drug-likeness (QED) is 0.589. The van der Waals surface area contributed by atoms with Crippen molar-refractivity contribution in [1.82, 2.24) is 14.9 Å². The van der Waals surface area contributed by atoms with Gasteiger partial charge in [0.1, 0.15) is 5.41 Å². The molecule has 37 heavy (non-hydrogen) atoms. The summed E-state index contributed by atoms with van der Waals surface area (Å²) >= 11 is 0. The van der Waals surface area contributed by atoms with Crippen LogP contribution >= 0.6 is 0 Å². The third-order valence-corrected chi connectivity index (χ3v) is 7.40. The number of nitrogens with zero attached hydrogens (tertiary/aromatic N) is 4. The van der Waals surface area contributed by atoms with Crippen molar-refractivity contribution >= 4 is 17.5 Å². The summed E-state index contributed by atoms with van der Waals surface area (Å²) in [6.45, 7) is 4.64. The Labute approximate surface area is 214 Å². The molecule has 1 atom stereocenters. The van der Waals surface area contributed by atoms with Gasteiger partial charge in [-0.05, 0) is 50.5 Å². The fourth-order valence-electron chi connectivity index (χ4n) is 5.46. The first kappa shape index (κ1) is 26.7. The molecule has 1 aliphatic heterocycles. The first-order valence-corrected chi connectivity index (χ1v) is 12.6. The van der Waals surface area contributed by atoms with Gasteiger partial charge in [0.05, 0.1) is 23.6 Å². The molecule has 1 saturated carbocycles. The first-order chi connectivity index (χ1) is 17.6. The number of ether oxygens (including phenoxy) is 1. The number of hydrogen-bond acceptors (Lipinski definition) is 6. The smallest absolute Gasteiger partial charge is 0.403 e. The fourth-order valence-corrected chi connectivity index (χ4v) is 5.46. The Morgan fingerprint density at radius 1 is 1.16 bits per heavy atom. The number of piperazine rings is 1. The van der Waals surface area contributed by atoms with Crippen LogP contribution in [0.3, 0.4) is 0 Å². The van der Waals surface area contributed by atoms with E-state index in [0.29, 0.717) is 48.7 Å². The summed E-state index contributed by atoms with van der Waals surface area (Å²) in [5.41, 5.74) is 5.02. The van der Waals surface area contributed by atoms with Crippen molar-refractivity contribution < 1.29 is 27.5 Å². The molecule has 1 saturated heterocycles. The molecule has 0 aromatic carbocycles. The SMILES string of the molecule is CCOc1ncccc1-c1ccc(N2CCN(C(=O)C3(C(F)(F)F)CCCC3)C[C@H]2CC)c(C(N)=O)n1. The van der Waals surface area contributed by atoms with Crippen LogP contribution < -0.4 is 15.4 Å². The molecule has 4 rings (SSSR count). The molecule has 0 bridgehead atoms. The molecule has 3 heterocycles. The zero-order valence-corrected chi connectivity index (χ0v) is 21.1. The number of aromatic nitrogens is 2. The average molecular weight is 520 g/mol. The Morgan fingerprint density at radius 3 is 2.51 bits per heavy atom. The number of primary amides is 1. The molecule has 2 aromatic rings. The normalized spacial score (nSPS) is 19.6. The maximum absolute atomic E-state index is 14.0. The Balaban J connectivity index is 1.62. The molecule has 2 N–H and O–H groups in total. The maximum Gasteiger partial charge on any atom is 0.403 e. The summed E-state index contributed by atoms with van der Waals surface area (Å²) in [7, 11) is 0. The maximum atomic E-state index is 14.0. The van der Waals surface area contributed by atoms with Crippen LogP contribution in [-0.4, -0.2) is 65.1 Å². The number of carbonyl (C=O) groups excluding carboxylic acids is 2. The third-order valence-electron chi connectivity index (χ3n) is 7.40. The second-order valence-electron chi connectivity index (χ2n) is 9.51. The van der Waals surface area contributed by atoms with Gasteiger partial charge < -0.3 is 20.3 Å². The molecule has 2 fully saturated rings. The van der Waals surface area contributed by atoms with Gasteiger partial charge in [0.25, 0.3) is 5.91 Å². The molecule has 1 aliphatic carbocycles. The summed E-state index contributed by atoms with van der Waals surface area (Å²) < 4.78 is 47.6. The zero-order chi connectivity index (χ0) is 26.8. The topological polar surface area (TPSA) is 102 Å². The summed E-state index contributed by atoms with van der Waals surface area (Å²) in [5, 5.41) is 0. The standard InChI is InChI=1S/C26H32F3N5O3/c1-3-17-16-33(24(36)25(26(27,28)29)11-5-6-12-25)14-15-34(17)20-10-9-19(32-21(20)22(30)35)18-8-7-13-31-23(18)37-4-2/h7-10,13,17H,3-6,11-12,14-16H2,1-2H3,(H2,30,35)/t17-/m1/s1. The molecule has 200 valence electrons. The van der Waals surface area contributed by atoms with Gasteiger partial charge in [0.15, 0.2) is 5.69 Å². The van der Waals surface area contributed by atoms with E-state index < -0.39 is 23.4 Å². The number of alkyl halides is 3. The molecule has 2 amide bonds. The van der Waals surface area contributed by atoms with Gasteiger partial charge in [-0.25, -0.2) is 9.97 Å². The minimum atomic E-state index is -4.58. The summed E-state index contributed by atoms with van der Waals surface area (Å²) in [4.78, 5) is 37.7. The lowest BCUT2D eigenvalue weighted by atomic mass is 9.83. The summed E-state index contributed by atoms with van der Waals surface area (Å²) in [6.07, 6.45) is -1.97. The Morgan fingerprint density at radius 2 is 1.89 bits per heavy atom. The van der Waals surface area contributed by atoms with Crippen molar-refractivity contribution in [3.63, 3.8) is 0 Å². The molecule has 2 aromatic heterocycles. The Kier molecular flexibility index (Phi) is 7.61. The highest BCUT2D eigenvalue weighted by Gasteiger charge is 2.62. The van der Waals surface area contributed by atoms with Gasteiger partial charge in [-0.3, -0.25) is 9.59 Å². The van der Waals surface area contributed by atoms with Crippen LogP contribution in [-0.2, 0) is 4.79 Å². The Hall–Kier alpha value is -3.37. The molecule has 0 unspecified atom stereocenters. The molecule has 0 radical (unpaired) electrons. The molecular formula is C26H32F3N5O3. The number of carbonyl (C=O) groups is 2. The van der Waals surface area contributed by atoms with Crippen LogP contribution in [0.5, 0.6) is 5.88 Å². The zero-order valence-electron chi connectivity index (χ0n) is 21.1. The second kappa shape index (κ2) is 10.5. The highest BCUT2D eigenvalue weighted by molar-refractivity contribution is 5.97. The molecular weight excluding hydrogens is 487 g/mol. The van der Waals surface area contributed by atoms with Crippen LogP contribution in [0.4, 0.5) is 18.9 Å². The lowest BCUT2D eigenvalue weighted by molar-refractivity contribution is -0.226. The second-order valence-corrected chi connectivity index (χ2v) is 9.51. The van der Waals surface area contributed by atoms with Crippen molar-refractivity contribution in [2.45, 2.75) is 58.2 Å². The van der Waals surface area contributed by atoms with Gasteiger partial charge in [-0.1, -0.05) is 19.8 Å². The predicted octanol–water partition coefficient (Wildman–Crippen LogP) is 4.19. The van der Waals surface area contributed by atoms with Crippen LogP contribution in [0.1, 0.15) is 56.4 Å². The number of nitrogens with two attached hydrogens (primary N) is 1. The summed E-state index contributed by atoms with van der Waals surface area (Å²) in [5.74, 6) is -1.18. The van der Waals surface area contributed by atoms with Crippen molar-refractivity contribution in [2.75, 3.05) is 31.1 Å². The van der Waals surface area contributed by atoms with E-state index in [1.54, 1.807) is 30.5 Å². The molecule has 11 heteroatoms. The predicted molar refractivity (Wildman–Crippen MR) is 132 cm³/mol. The van der Waals surface area contributed by atoms with Gasteiger partial charge in [-0.2, -0.15) is 13.2 Å². The van der Waals surface area contributed by atoms with E-state index >= 15 is 0 Å². The number of amides is 2. The molecule has 0 spiro atoms. The largest absolute Gasteiger partial charge is 0.477 e. The van der Waals surface area contributed by atoms with E-state index in [2.05, 4.69) is 9.97 Å². The number of anilines is 1. The number of halogens is 3. The minimum Gasteiger partial charge on any atom is -0.477 e. The average Bonchev–Trinajstić information content (AvgIpc) is 3.40. The van der Waals surface area contributed by atoms with Crippen LogP contribution in [0.15, 0.2) is 30.5 Å². The van der Waals surface area contributed by atoms with Gasteiger partial charge in [0, 0.05) is 31.9 Å². The summed E-state index contributed by atoms with van der Waals surface area (Å²) in [6, 6.07) is 6.69. The van der Waals surface area contributed by atoms with Gasteiger partial charge in [0.2, 0.25) is 11.8 Å². The number of hydrogen-bond donors (Lipinski definition) is 1. The highest BCUT2D eigenvalue weighted by Crippen LogP contribution is 2.51. The minimum absolute atomic E-state index is 0.0459. The van der Waals surface area contributed by atoms with E-state index in [1.807, 2.05) is 18.7 Å². The van der Waals surface area contributed by atoms with Crippen molar-refractivity contribution in [1.29, 1.82) is 0 Å². The molecule has 2 aliphatic rings. The number of pyridine rings is 2. The highest BCUT2D eigenvalue weighted by atomic mass is 19.4. The van der Waals surface area contributed by atoms with Crippen molar-refractivity contribution in [3.05, 3.63) is 36.2 Å². The van der Waals surface area contributed by atoms with Crippen LogP contribution in [0, 0.1) is 5.41 Å². The fraction of sp³-hybridized carbons (Fsp3) is 0.538. The first-order valence-electron chi connectivity index (χ1n) is 12.6. The monoisotopic (exact) mass is 519 g/mol. The van der Waals surface area contributed by atoms with E-state index in [9.17, 15) is 22.8 Å². The van der Waals surface area contributed by atoms with Gasteiger partial charge >= 0.3 is 6.18 Å². The van der Waals surface area contributed by atoms with E-state index in [0.717, 1.165) is 0 Å². The Bertz CT molecular complexity index is 1150. The van der Waals surface area contributed by atoms with E-state index in [1.165, 1.54) is 4.90 Å². The number of rotatable bonds is 7. The van der Waals surface area contributed by atoms with E-state index in [-0.39, 0.29) is 44.2 Å². The van der Waals surface area contributed by atoms with Crippen LogP contribution in [0.25, 0.3) is 11.3 Å². The van der Waals surface area contributed by atoms with Crippen molar-refractivity contribution in [2.24, 2.45) is 11.1 Å². The van der Waals surface area contributed by atoms with Gasteiger partial charge in [-0.15, -0.1) is 0 Å². The van der Waals surface area contributed by atoms with E-state index in [4.69, 9.17) is 10.5 Å². The lowest BCUT2D eigenvalue weighted by Crippen LogP contribution is -2.60. The third kappa shape index (κ3) is 4.95. The molecule has 8 nitrogen and oxygen atoms in total.